The van der Waals surface area contributed by atoms with Gasteiger partial charge in [0, 0.05) is 11.3 Å². The first-order valence-electron chi connectivity index (χ1n) is 10.3. The lowest BCUT2D eigenvalue weighted by Gasteiger charge is -2.36. The van der Waals surface area contributed by atoms with Gasteiger partial charge in [-0.25, -0.2) is 8.42 Å². The predicted octanol–water partition coefficient (Wildman–Crippen LogP) is 2.52. The van der Waals surface area contributed by atoms with Gasteiger partial charge in [0.15, 0.2) is 15.0 Å². The average molecular weight is 435 g/mol. The number of amides is 1. The Labute approximate surface area is 176 Å². The van der Waals surface area contributed by atoms with E-state index in [9.17, 15) is 13.2 Å². The van der Waals surface area contributed by atoms with Crippen LogP contribution < -0.4 is 4.74 Å². The van der Waals surface area contributed by atoms with E-state index in [0.717, 1.165) is 28.8 Å². The van der Waals surface area contributed by atoms with E-state index in [1.807, 2.05) is 24.3 Å². The summed E-state index contributed by atoms with van der Waals surface area (Å²) < 4.78 is 29.6. The molecule has 5 rings (SSSR count). The van der Waals surface area contributed by atoms with E-state index < -0.39 is 9.84 Å². The summed E-state index contributed by atoms with van der Waals surface area (Å²) in [6, 6.07) is 7.77. The van der Waals surface area contributed by atoms with E-state index in [2.05, 4.69) is 9.89 Å². The number of hydrogen-bond donors (Lipinski definition) is 0. The van der Waals surface area contributed by atoms with E-state index >= 15 is 0 Å². The summed E-state index contributed by atoms with van der Waals surface area (Å²) in [5.74, 6) is 2.35. The van der Waals surface area contributed by atoms with E-state index in [1.165, 1.54) is 31.0 Å². The number of benzene rings is 1. The molecule has 4 fully saturated rings. The van der Waals surface area contributed by atoms with Crippen LogP contribution in [0.4, 0.5) is 0 Å². The van der Waals surface area contributed by atoms with E-state index in [1.54, 1.807) is 7.11 Å². The number of ether oxygens (including phenoxy) is 1. The molecule has 2 heterocycles. The molecule has 2 aliphatic heterocycles. The highest BCUT2D eigenvalue weighted by Crippen LogP contribution is 2.51. The first-order valence-corrected chi connectivity index (χ1v) is 13.0. The van der Waals surface area contributed by atoms with Gasteiger partial charge in [0.2, 0.25) is 0 Å². The summed E-state index contributed by atoms with van der Waals surface area (Å²) in [6.07, 6.45) is 5.10. The van der Waals surface area contributed by atoms with Crippen molar-refractivity contribution in [2.75, 3.05) is 18.6 Å². The summed E-state index contributed by atoms with van der Waals surface area (Å²) in [6.45, 7) is 0. The minimum Gasteiger partial charge on any atom is -0.497 e. The predicted molar refractivity (Wildman–Crippen MR) is 114 cm³/mol. The minimum atomic E-state index is -3.00. The van der Waals surface area contributed by atoms with Crippen molar-refractivity contribution in [1.29, 1.82) is 0 Å². The fraction of sp³-hybridized carbons (Fsp3) is 0.619. The molecule has 6 nitrogen and oxygen atoms in total. The SMILES string of the molecule is COc1ccc(CC(=O)N=C2S[C@@H]3CS(=O)(=O)C[C@H]3N2[C@H]2C[C@H]3CC[C@H]2C3)cc1. The van der Waals surface area contributed by atoms with E-state index in [-0.39, 0.29) is 35.1 Å². The van der Waals surface area contributed by atoms with Crippen molar-refractivity contribution in [3.8, 4) is 5.75 Å². The molecular formula is C21H26N2O4S2. The van der Waals surface area contributed by atoms with Crippen molar-refractivity contribution >= 4 is 32.7 Å². The summed E-state index contributed by atoms with van der Waals surface area (Å²) in [7, 11) is -1.39. The van der Waals surface area contributed by atoms with E-state index in [0.29, 0.717) is 12.0 Å². The van der Waals surface area contributed by atoms with Gasteiger partial charge in [0.25, 0.3) is 5.91 Å². The van der Waals surface area contributed by atoms with Crippen molar-refractivity contribution in [3.63, 3.8) is 0 Å². The van der Waals surface area contributed by atoms with Gasteiger partial charge in [-0.1, -0.05) is 30.3 Å². The van der Waals surface area contributed by atoms with Crippen LogP contribution in [0, 0.1) is 11.8 Å². The van der Waals surface area contributed by atoms with Crippen LogP contribution in [0.2, 0.25) is 0 Å². The normalized spacial score (nSPS) is 36.0. The monoisotopic (exact) mass is 434 g/mol. The molecule has 0 aromatic heterocycles. The molecule has 2 saturated carbocycles. The van der Waals surface area contributed by atoms with Crippen LogP contribution in [0.1, 0.15) is 31.2 Å². The fourth-order valence-corrected chi connectivity index (χ4v) is 9.59. The Bertz CT molecular complexity index is 944. The van der Waals surface area contributed by atoms with Crippen LogP contribution in [0.25, 0.3) is 0 Å². The number of carbonyl (C=O) groups excluding carboxylic acids is 1. The Morgan fingerprint density at radius 1 is 1.17 bits per heavy atom. The Morgan fingerprint density at radius 2 is 1.97 bits per heavy atom. The summed E-state index contributed by atoms with van der Waals surface area (Å²) in [5.41, 5.74) is 0.900. The smallest absolute Gasteiger partial charge is 0.252 e. The lowest BCUT2D eigenvalue weighted by atomic mass is 9.93. The van der Waals surface area contributed by atoms with Gasteiger partial charge in [-0.3, -0.25) is 4.79 Å². The molecule has 29 heavy (non-hydrogen) atoms. The van der Waals surface area contributed by atoms with Gasteiger partial charge in [0.1, 0.15) is 5.75 Å². The Balaban J connectivity index is 1.37. The van der Waals surface area contributed by atoms with Gasteiger partial charge in [-0.2, -0.15) is 4.99 Å². The number of methoxy groups -OCH3 is 1. The van der Waals surface area contributed by atoms with Crippen molar-refractivity contribution < 1.29 is 17.9 Å². The Morgan fingerprint density at radius 3 is 2.62 bits per heavy atom. The molecule has 1 amide bonds. The molecule has 156 valence electrons. The Hall–Kier alpha value is -1.54. The number of carbonyl (C=O) groups is 1. The molecule has 1 aromatic rings. The highest BCUT2D eigenvalue weighted by molar-refractivity contribution is 8.15. The molecule has 2 aliphatic carbocycles. The number of sulfone groups is 1. The lowest BCUT2D eigenvalue weighted by molar-refractivity contribution is -0.117. The maximum absolute atomic E-state index is 12.7. The quantitative estimate of drug-likeness (QED) is 0.725. The van der Waals surface area contributed by atoms with Crippen molar-refractivity contribution in [2.45, 2.75) is 49.4 Å². The third-order valence-corrected chi connectivity index (χ3v) is 10.1. The maximum Gasteiger partial charge on any atom is 0.252 e. The van der Waals surface area contributed by atoms with E-state index in [4.69, 9.17) is 4.74 Å². The maximum atomic E-state index is 12.7. The van der Waals surface area contributed by atoms with Crippen molar-refractivity contribution in [3.05, 3.63) is 29.8 Å². The fourth-order valence-electron chi connectivity index (χ4n) is 5.59. The van der Waals surface area contributed by atoms with Gasteiger partial charge in [-0.05, 0) is 48.8 Å². The minimum absolute atomic E-state index is 0.00617. The molecule has 1 aromatic carbocycles. The number of aliphatic imine (C=N–C) groups is 1. The highest BCUT2D eigenvalue weighted by atomic mass is 32.2. The largest absolute Gasteiger partial charge is 0.497 e. The number of nitrogens with zero attached hydrogens (tertiary/aromatic N) is 2. The van der Waals surface area contributed by atoms with Crippen LogP contribution in [0.15, 0.2) is 29.3 Å². The number of hydrogen-bond acceptors (Lipinski definition) is 5. The summed E-state index contributed by atoms with van der Waals surface area (Å²) in [4.78, 5) is 19.5. The first-order chi connectivity index (χ1) is 13.9. The second kappa shape index (κ2) is 7.30. The third kappa shape index (κ3) is 3.69. The molecule has 0 radical (unpaired) electrons. The van der Waals surface area contributed by atoms with Crippen LogP contribution in [-0.4, -0.2) is 60.3 Å². The van der Waals surface area contributed by atoms with Crippen molar-refractivity contribution in [1.82, 2.24) is 4.90 Å². The van der Waals surface area contributed by atoms with Gasteiger partial charge < -0.3 is 9.64 Å². The number of thioether (sulfide) groups is 1. The van der Waals surface area contributed by atoms with Crippen molar-refractivity contribution in [2.24, 2.45) is 16.8 Å². The van der Waals surface area contributed by atoms with Crippen LogP contribution in [-0.2, 0) is 21.1 Å². The second-order valence-corrected chi connectivity index (χ2v) is 12.1. The third-order valence-electron chi connectivity index (χ3n) is 6.90. The molecule has 0 spiro atoms. The highest BCUT2D eigenvalue weighted by Gasteiger charge is 2.54. The molecule has 8 heteroatoms. The summed E-state index contributed by atoms with van der Waals surface area (Å²) >= 11 is 1.51. The van der Waals surface area contributed by atoms with Crippen LogP contribution >= 0.6 is 11.8 Å². The first kappa shape index (κ1) is 19.4. The molecule has 0 unspecified atom stereocenters. The zero-order valence-electron chi connectivity index (χ0n) is 16.5. The van der Waals surface area contributed by atoms with Crippen LogP contribution in [0.5, 0.6) is 5.75 Å². The molecule has 2 saturated heterocycles. The average Bonchev–Trinajstić information content (AvgIpc) is 3.42. The Kier molecular flexibility index (Phi) is 4.89. The number of fused-ring (bicyclic) bond motifs is 3. The summed E-state index contributed by atoms with van der Waals surface area (Å²) in [5, 5.41) is 0.762. The number of amidine groups is 1. The van der Waals surface area contributed by atoms with Gasteiger partial charge in [0.05, 0.1) is 31.1 Å². The van der Waals surface area contributed by atoms with Gasteiger partial charge in [-0.15, -0.1) is 0 Å². The molecule has 0 N–H and O–H groups in total. The lowest BCUT2D eigenvalue weighted by Crippen LogP contribution is -2.47. The molecular weight excluding hydrogens is 408 g/mol. The van der Waals surface area contributed by atoms with Crippen LogP contribution in [0.3, 0.4) is 0 Å². The standard InChI is InChI=1S/C21H26N2O4S2/c1-27-16-6-3-13(4-7-16)10-20(24)22-21-23(17-9-14-2-5-15(17)8-14)18-11-29(25,26)12-19(18)28-21/h3-4,6-7,14-15,17-19H,2,5,8-12H2,1H3/t14-,15-,17-,18+,19+/m0/s1. The molecule has 4 aliphatic rings. The molecule has 5 atom stereocenters. The second-order valence-electron chi connectivity index (χ2n) is 8.76. The topological polar surface area (TPSA) is 76.0 Å². The molecule has 2 bridgehead atoms. The zero-order chi connectivity index (χ0) is 20.2. The zero-order valence-corrected chi connectivity index (χ0v) is 18.1. The van der Waals surface area contributed by atoms with Gasteiger partial charge >= 0.3 is 0 Å². The number of rotatable bonds is 4.